The van der Waals surface area contributed by atoms with E-state index in [0.29, 0.717) is 57.0 Å². The highest BCUT2D eigenvalue weighted by Crippen LogP contribution is 2.55. The molecule has 10 nitrogen and oxygen atoms in total. The Hall–Kier alpha value is -2.86. The fraction of sp³-hybridized carbons (Fsp3) is 0.594. The van der Waals surface area contributed by atoms with Crippen LogP contribution >= 0.6 is 0 Å². The van der Waals surface area contributed by atoms with Gasteiger partial charge >= 0.3 is 6.03 Å². The van der Waals surface area contributed by atoms with Crippen molar-refractivity contribution in [3.8, 4) is 0 Å². The number of carbonyl (C=O) groups is 1. The number of para-hydroxylation sites is 2. The maximum absolute atomic E-state index is 13.7. The molecule has 2 aromatic rings. The summed E-state index contributed by atoms with van der Waals surface area (Å²) >= 11 is 0. The van der Waals surface area contributed by atoms with Crippen molar-refractivity contribution in [1.82, 2.24) is 9.62 Å². The van der Waals surface area contributed by atoms with E-state index in [1.54, 1.807) is 4.31 Å². The molecule has 4 saturated carbocycles. The van der Waals surface area contributed by atoms with Gasteiger partial charge in [-0.15, -0.1) is 0 Å². The van der Waals surface area contributed by atoms with Crippen LogP contribution in [0.25, 0.3) is 0 Å². The number of rotatable bonds is 7. The molecule has 0 spiro atoms. The van der Waals surface area contributed by atoms with Crippen LogP contribution in [-0.2, 0) is 14.8 Å². The summed E-state index contributed by atoms with van der Waals surface area (Å²) in [4.78, 5) is 20.1. The molecule has 1 saturated heterocycles. The van der Waals surface area contributed by atoms with Crippen LogP contribution in [0.1, 0.15) is 32.1 Å². The van der Waals surface area contributed by atoms with Gasteiger partial charge < -0.3 is 25.0 Å². The Kier molecular flexibility index (Phi) is 7.56. The van der Waals surface area contributed by atoms with Crippen molar-refractivity contribution >= 4 is 38.8 Å². The van der Waals surface area contributed by atoms with E-state index in [9.17, 15) is 18.3 Å². The second kappa shape index (κ2) is 11.3. The van der Waals surface area contributed by atoms with Crippen molar-refractivity contribution in [2.24, 2.45) is 17.8 Å². The number of piperazine rings is 1. The molecule has 2 aliphatic heterocycles. The van der Waals surface area contributed by atoms with Crippen LogP contribution in [0.15, 0.2) is 48.5 Å². The lowest BCUT2D eigenvalue weighted by atomic mass is 9.52. The molecule has 0 aromatic heterocycles. The minimum absolute atomic E-state index is 0.0149. The molecule has 43 heavy (non-hydrogen) atoms. The van der Waals surface area contributed by atoms with Crippen LogP contribution in [0.4, 0.5) is 27.5 Å². The van der Waals surface area contributed by atoms with Gasteiger partial charge in [-0.05, 0) is 86.3 Å². The predicted molar refractivity (Wildman–Crippen MR) is 168 cm³/mol. The van der Waals surface area contributed by atoms with Crippen LogP contribution in [0, 0.1) is 17.8 Å². The molecule has 4 aliphatic carbocycles. The van der Waals surface area contributed by atoms with Gasteiger partial charge in [-0.3, -0.25) is 4.90 Å². The Balaban J connectivity index is 1.01. The highest BCUT2D eigenvalue weighted by Gasteiger charge is 2.55. The second-order valence-corrected chi connectivity index (χ2v) is 15.3. The first kappa shape index (κ1) is 28.9. The summed E-state index contributed by atoms with van der Waals surface area (Å²) in [6, 6.07) is 16.6. The summed E-state index contributed by atoms with van der Waals surface area (Å²) in [5.74, 6) is 1.37. The number of methoxy groups -OCH3 is 1. The highest BCUT2D eigenvalue weighted by molar-refractivity contribution is 7.89. The Labute approximate surface area is 254 Å². The molecule has 2 unspecified atom stereocenters. The molecule has 232 valence electrons. The first-order chi connectivity index (χ1) is 20.7. The maximum Gasteiger partial charge on any atom is 0.322 e. The van der Waals surface area contributed by atoms with Gasteiger partial charge in [-0.1, -0.05) is 12.1 Å². The molecule has 2 atom stereocenters. The van der Waals surface area contributed by atoms with Crippen LogP contribution in [0.2, 0.25) is 0 Å². The number of aliphatic hydroxyl groups is 1. The van der Waals surface area contributed by atoms with Gasteiger partial charge in [-0.2, -0.15) is 4.31 Å². The van der Waals surface area contributed by atoms with Gasteiger partial charge in [0.1, 0.15) is 0 Å². The van der Waals surface area contributed by atoms with Crippen molar-refractivity contribution in [3.05, 3.63) is 48.5 Å². The molecule has 2 N–H and O–H groups in total. The third kappa shape index (κ3) is 5.49. The van der Waals surface area contributed by atoms with Gasteiger partial charge in [-0.25, -0.2) is 13.2 Å². The van der Waals surface area contributed by atoms with Crippen molar-refractivity contribution in [1.29, 1.82) is 0 Å². The fourth-order valence-corrected chi connectivity index (χ4v) is 10.0. The number of fused-ring (bicyclic) bond motifs is 1. The van der Waals surface area contributed by atoms with Crippen LogP contribution in [0.5, 0.6) is 0 Å². The van der Waals surface area contributed by atoms with Gasteiger partial charge in [0, 0.05) is 63.8 Å². The number of nitrogens with zero attached hydrogens (tertiary/aromatic N) is 4. The third-order valence-corrected chi connectivity index (χ3v) is 12.3. The summed E-state index contributed by atoms with van der Waals surface area (Å²) in [6.07, 6.45) is 4.80. The van der Waals surface area contributed by atoms with Crippen LogP contribution in [-0.4, -0.2) is 94.2 Å². The van der Waals surface area contributed by atoms with Crippen molar-refractivity contribution in [2.45, 2.75) is 43.7 Å². The molecule has 5 fully saturated rings. The minimum atomic E-state index is -3.29. The van der Waals surface area contributed by atoms with Crippen LogP contribution < -0.4 is 20.0 Å². The first-order valence-electron chi connectivity index (χ1n) is 15.7. The number of anilines is 4. The summed E-state index contributed by atoms with van der Waals surface area (Å²) in [7, 11) is -1.78. The molecule has 4 bridgehead atoms. The standard InChI is InChI=1S/C32H43N5O5S/c1-42-16-17-43(40,41)35-12-10-34(11-13-35)26-6-8-27(9-7-26)36-14-15-37(29-5-3-2-4-28(29)36)31(38)33-30-24-18-23-19-25(30)22-32(39,20-23)21-24/h2-9,23-25,30,39H,10-22H2,1H3,(H,33,38). The minimum Gasteiger partial charge on any atom is -0.390 e. The third-order valence-electron chi connectivity index (χ3n) is 10.5. The molecule has 6 aliphatic rings. The Morgan fingerprint density at radius 2 is 1.56 bits per heavy atom. The number of urea groups is 1. The van der Waals surface area contributed by atoms with Crippen molar-refractivity contribution in [2.75, 3.05) is 73.4 Å². The first-order valence-corrected chi connectivity index (χ1v) is 17.3. The SMILES string of the molecule is COCCS(=O)(=O)N1CCN(c2ccc(N3CCN(C(=O)NC4C5CC6CC4CC(O)(C6)C5)c4ccccc43)cc2)CC1. The Morgan fingerprint density at radius 3 is 2.21 bits per heavy atom. The van der Waals surface area contributed by atoms with Gasteiger partial charge in [0.15, 0.2) is 0 Å². The molecule has 2 amide bonds. The van der Waals surface area contributed by atoms with Crippen molar-refractivity contribution < 1.29 is 23.1 Å². The van der Waals surface area contributed by atoms with Crippen LogP contribution in [0.3, 0.4) is 0 Å². The Bertz CT molecular complexity index is 1430. The number of nitrogens with one attached hydrogen (secondary N) is 1. The number of ether oxygens (including phenoxy) is 1. The number of sulfonamides is 1. The van der Waals surface area contributed by atoms with Crippen molar-refractivity contribution in [3.63, 3.8) is 0 Å². The molecule has 11 heteroatoms. The zero-order chi connectivity index (χ0) is 29.8. The van der Waals surface area contributed by atoms with E-state index in [1.165, 1.54) is 7.11 Å². The predicted octanol–water partition coefficient (Wildman–Crippen LogP) is 3.39. The number of amides is 2. The molecular weight excluding hydrogens is 566 g/mol. The zero-order valence-corrected chi connectivity index (χ0v) is 25.7. The van der Waals surface area contributed by atoms with E-state index in [-0.39, 0.29) is 24.4 Å². The largest absolute Gasteiger partial charge is 0.390 e. The van der Waals surface area contributed by atoms with E-state index in [2.05, 4.69) is 45.4 Å². The monoisotopic (exact) mass is 609 g/mol. The summed E-state index contributed by atoms with van der Waals surface area (Å²) < 4.78 is 31.6. The maximum atomic E-state index is 13.7. The molecule has 0 radical (unpaired) electrons. The number of benzene rings is 2. The Morgan fingerprint density at radius 1 is 0.907 bits per heavy atom. The second-order valence-electron chi connectivity index (χ2n) is 13.2. The fourth-order valence-electron chi connectivity index (χ4n) is 8.66. The van der Waals surface area contributed by atoms with E-state index in [0.717, 1.165) is 54.9 Å². The summed E-state index contributed by atoms with van der Waals surface area (Å²) in [5, 5.41) is 14.4. The average molecular weight is 610 g/mol. The molecular formula is C32H43N5O5S. The van der Waals surface area contributed by atoms with E-state index < -0.39 is 15.6 Å². The van der Waals surface area contributed by atoms with Gasteiger partial charge in [0.05, 0.1) is 29.3 Å². The highest BCUT2D eigenvalue weighted by atomic mass is 32.2. The normalized spacial score (nSPS) is 30.4. The van der Waals surface area contributed by atoms with E-state index >= 15 is 0 Å². The van der Waals surface area contributed by atoms with Gasteiger partial charge in [0.2, 0.25) is 10.0 Å². The van der Waals surface area contributed by atoms with E-state index in [1.807, 2.05) is 23.1 Å². The summed E-state index contributed by atoms with van der Waals surface area (Å²) in [6.45, 7) is 3.69. The molecule has 2 heterocycles. The number of hydrogen-bond acceptors (Lipinski definition) is 7. The lowest BCUT2D eigenvalue weighted by Crippen LogP contribution is -2.63. The zero-order valence-electron chi connectivity index (χ0n) is 24.9. The average Bonchev–Trinajstić information content (AvgIpc) is 3.00. The smallest absolute Gasteiger partial charge is 0.322 e. The van der Waals surface area contributed by atoms with Gasteiger partial charge in [0.25, 0.3) is 0 Å². The number of carbonyl (C=O) groups excluding carboxylic acids is 1. The van der Waals surface area contributed by atoms with E-state index in [4.69, 9.17) is 4.74 Å². The lowest BCUT2D eigenvalue weighted by molar-refractivity contribution is -0.136. The molecule has 2 aromatic carbocycles. The lowest BCUT2D eigenvalue weighted by Gasteiger charge is -2.58. The quantitative estimate of drug-likeness (QED) is 0.496. The topological polar surface area (TPSA) is 106 Å². The summed E-state index contributed by atoms with van der Waals surface area (Å²) in [5.41, 5.74) is 3.54. The molecule has 8 rings (SSSR count). The number of hydrogen-bond donors (Lipinski definition) is 2.